The van der Waals surface area contributed by atoms with E-state index in [1.807, 2.05) is 85.1 Å². The number of rotatable bonds is 29. The van der Waals surface area contributed by atoms with Gasteiger partial charge in [-0.25, -0.2) is 0 Å². The van der Waals surface area contributed by atoms with Gasteiger partial charge in [-0.2, -0.15) is 0 Å². The predicted molar refractivity (Wildman–Crippen MR) is 203 cm³/mol. The molecule has 0 aromatic heterocycles. The van der Waals surface area contributed by atoms with E-state index >= 15 is 0 Å². The van der Waals surface area contributed by atoms with Gasteiger partial charge in [0.25, 0.3) is 0 Å². The summed E-state index contributed by atoms with van der Waals surface area (Å²) in [5.41, 5.74) is 0. The number of likely N-dealkylation sites (N-methyl/N-ethyl adjacent to an activating group) is 1. The first-order chi connectivity index (χ1) is 24.1. The normalized spacial score (nSPS) is 14.3. The number of carboxylic acids is 1. The fraction of sp³-hybridized carbons (Fsp3) is 0.500. The van der Waals surface area contributed by atoms with Crippen LogP contribution in [0.1, 0.15) is 84.5 Å². The van der Waals surface area contributed by atoms with E-state index in [2.05, 4.69) is 38.2 Å². The van der Waals surface area contributed by atoms with Crippen molar-refractivity contribution in [3.8, 4) is 0 Å². The Morgan fingerprint density at radius 1 is 0.620 bits per heavy atom. The highest BCUT2D eigenvalue weighted by molar-refractivity contribution is 5.70. The van der Waals surface area contributed by atoms with E-state index in [0.29, 0.717) is 12.8 Å². The Labute approximate surface area is 302 Å². The first kappa shape index (κ1) is 46.0. The summed E-state index contributed by atoms with van der Waals surface area (Å²) in [5.74, 6) is -1.92. The number of hydrogen-bond acceptors (Lipinski definition) is 7. The van der Waals surface area contributed by atoms with Crippen molar-refractivity contribution in [3.05, 3.63) is 109 Å². The van der Waals surface area contributed by atoms with Gasteiger partial charge in [0.05, 0.1) is 40.3 Å². The van der Waals surface area contributed by atoms with Crippen LogP contribution in [0.3, 0.4) is 0 Å². The predicted octanol–water partition coefficient (Wildman–Crippen LogP) is 7.62. The summed E-state index contributed by atoms with van der Waals surface area (Å²) in [4.78, 5) is 36.4. The van der Waals surface area contributed by atoms with E-state index < -0.39 is 18.1 Å². The molecule has 0 aromatic carbocycles. The van der Waals surface area contributed by atoms with Crippen molar-refractivity contribution in [2.75, 3.05) is 41.0 Å². The molecule has 0 saturated heterocycles. The molecule has 0 heterocycles. The van der Waals surface area contributed by atoms with Gasteiger partial charge in [0.15, 0.2) is 6.10 Å². The molecule has 0 spiro atoms. The molecule has 8 nitrogen and oxygen atoms in total. The molecule has 0 amide bonds. The van der Waals surface area contributed by atoms with Crippen LogP contribution < -0.4 is 5.11 Å². The van der Waals surface area contributed by atoms with Crippen molar-refractivity contribution < 1.29 is 38.2 Å². The molecule has 2 atom stereocenters. The number of unbranched alkanes of at least 4 members (excludes halogenated alkanes) is 3. The van der Waals surface area contributed by atoms with Crippen molar-refractivity contribution in [2.24, 2.45) is 0 Å². The van der Waals surface area contributed by atoms with Crippen LogP contribution in [0.2, 0.25) is 0 Å². The lowest BCUT2D eigenvalue weighted by Crippen LogP contribution is -2.55. The highest BCUT2D eigenvalue weighted by Crippen LogP contribution is 2.10. The largest absolute Gasteiger partial charge is 0.544 e. The molecule has 0 rings (SSSR count). The van der Waals surface area contributed by atoms with Gasteiger partial charge in [0.2, 0.25) is 0 Å². The van der Waals surface area contributed by atoms with Gasteiger partial charge >= 0.3 is 11.9 Å². The summed E-state index contributed by atoms with van der Waals surface area (Å²) in [6.45, 7) is 4.19. The minimum Gasteiger partial charge on any atom is -0.544 e. The first-order valence-electron chi connectivity index (χ1n) is 18.0. The van der Waals surface area contributed by atoms with Crippen LogP contribution in [-0.2, 0) is 28.6 Å². The molecule has 0 bridgehead atoms. The third-order valence-electron chi connectivity index (χ3n) is 7.11. The number of ether oxygens (including phenoxy) is 3. The van der Waals surface area contributed by atoms with Gasteiger partial charge in [-0.3, -0.25) is 9.59 Å². The van der Waals surface area contributed by atoms with Crippen molar-refractivity contribution in [1.82, 2.24) is 0 Å². The molecular weight excluding hydrogens is 630 g/mol. The van der Waals surface area contributed by atoms with E-state index in [1.54, 1.807) is 21.1 Å². The molecule has 278 valence electrons. The molecule has 0 saturated carbocycles. The summed E-state index contributed by atoms with van der Waals surface area (Å²) in [5, 5.41) is 11.5. The van der Waals surface area contributed by atoms with Crippen molar-refractivity contribution in [3.63, 3.8) is 0 Å². The number of quaternary nitrogens is 1. The highest BCUT2D eigenvalue weighted by atomic mass is 16.6. The van der Waals surface area contributed by atoms with E-state index in [-0.39, 0.29) is 55.5 Å². The second-order valence-corrected chi connectivity index (χ2v) is 12.5. The minimum atomic E-state index is -1.15. The van der Waals surface area contributed by atoms with E-state index in [0.717, 1.165) is 38.5 Å². The Morgan fingerprint density at radius 3 is 1.78 bits per heavy atom. The zero-order valence-electron chi connectivity index (χ0n) is 31.3. The number of carbonyl (C=O) groups is 3. The number of carboxylic acid groups (broad SMARTS) is 1. The summed E-state index contributed by atoms with van der Waals surface area (Å²) < 4.78 is 16.9. The molecular formula is C42H63NO7. The van der Waals surface area contributed by atoms with E-state index in [4.69, 9.17) is 14.2 Å². The standard InChI is InChI=1S/C42H63NO7/c1-6-8-10-12-14-15-16-17-18-19-20-21-22-23-24-25-27-29-31-33-41(45)50-38(36-48-35-34-39(42(46)47)43(3,4)5)37-49-40(44)32-30-28-26-13-11-9-7-2/h8-12,14-24,26,28,38-39H,6-7,13,25,27,29-37H2,1-5H3/b10-8+,11-9+,14-12+,16-15+,18-17+,20-19+,22-21+,24-23+,28-26+. The average Bonchev–Trinajstić information content (AvgIpc) is 3.06. The zero-order chi connectivity index (χ0) is 37.1. The topological polar surface area (TPSA) is 102 Å². The van der Waals surface area contributed by atoms with Crippen molar-refractivity contribution in [2.45, 2.75) is 96.6 Å². The summed E-state index contributed by atoms with van der Waals surface area (Å²) >= 11 is 0. The lowest BCUT2D eigenvalue weighted by molar-refractivity contribution is -0.889. The molecule has 2 unspecified atom stereocenters. The van der Waals surface area contributed by atoms with E-state index in [1.165, 1.54) is 0 Å². The lowest BCUT2D eigenvalue weighted by Gasteiger charge is -2.34. The van der Waals surface area contributed by atoms with Gasteiger partial charge in [0, 0.05) is 19.3 Å². The second-order valence-electron chi connectivity index (χ2n) is 12.5. The molecule has 0 radical (unpaired) electrons. The quantitative estimate of drug-likeness (QED) is 0.0261. The van der Waals surface area contributed by atoms with Crippen molar-refractivity contribution in [1.29, 1.82) is 0 Å². The SMILES string of the molecule is CC/C=C/C=C/C=C/C=C/C=C/C=C/C=C/CCCCCC(=O)OC(COCCC(C(=O)[O-])[N+](C)(C)C)COC(=O)CC/C=C/C/C=C/CC. The van der Waals surface area contributed by atoms with Crippen LogP contribution in [-0.4, -0.2) is 75.5 Å². The molecule has 0 N–H and O–H groups in total. The smallest absolute Gasteiger partial charge is 0.306 e. The Morgan fingerprint density at radius 2 is 1.20 bits per heavy atom. The summed E-state index contributed by atoms with van der Waals surface area (Å²) in [6, 6.07) is -0.747. The Hall–Kier alpha value is -4.01. The number of allylic oxidation sites excluding steroid dienone is 18. The molecule has 50 heavy (non-hydrogen) atoms. The maximum atomic E-state index is 12.6. The number of nitrogens with zero attached hydrogens (tertiary/aromatic N) is 1. The molecule has 0 aromatic rings. The van der Waals surface area contributed by atoms with Crippen LogP contribution in [0.25, 0.3) is 0 Å². The molecule has 0 aliphatic rings. The maximum absolute atomic E-state index is 12.6. The number of esters is 2. The fourth-order valence-corrected chi connectivity index (χ4v) is 4.35. The molecule has 0 fully saturated rings. The molecule has 0 aliphatic heterocycles. The zero-order valence-corrected chi connectivity index (χ0v) is 31.3. The van der Waals surface area contributed by atoms with Gasteiger partial charge < -0.3 is 28.6 Å². The van der Waals surface area contributed by atoms with Gasteiger partial charge in [0.1, 0.15) is 12.6 Å². The number of aliphatic carboxylic acids is 1. The Balaban J connectivity index is 4.58. The average molecular weight is 694 g/mol. The monoisotopic (exact) mass is 693 g/mol. The summed E-state index contributed by atoms with van der Waals surface area (Å²) in [6.07, 6.45) is 43.0. The van der Waals surface area contributed by atoms with Crippen LogP contribution >= 0.6 is 0 Å². The highest BCUT2D eigenvalue weighted by Gasteiger charge is 2.25. The van der Waals surface area contributed by atoms with Gasteiger partial charge in [-0.15, -0.1) is 0 Å². The van der Waals surface area contributed by atoms with Crippen molar-refractivity contribution >= 4 is 17.9 Å². The first-order valence-corrected chi connectivity index (χ1v) is 18.0. The maximum Gasteiger partial charge on any atom is 0.306 e. The van der Waals surface area contributed by atoms with Crippen LogP contribution in [0.5, 0.6) is 0 Å². The van der Waals surface area contributed by atoms with Crippen LogP contribution in [0, 0.1) is 0 Å². The van der Waals surface area contributed by atoms with Crippen LogP contribution in [0.4, 0.5) is 0 Å². The minimum absolute atomic E-state index is 0.00473. The number of hydrogen-bond donors (Lipinski definition) is 0. The van der Waals surface area contributed by atoms with Crippen LogP contribution in [0.15, 0.2) is 109 Å². The van der Waals surface area contributed by atoms with E-state index in [9.17, 15) is 19.5 Å². The molecule has 8 heteroatoms. The lowest BCUT2D eigenvalue weighted by atomic mass is 10.1. The molecule has 0 aliphatic carbocycles. The second kappa shape index (κ2) is 32.2. The summed E-state index contributed by atoms with van der Waals surface area (Å²) in [7, 11) is 5.34. The Kier molecular flexibility index (Phi) is 29.6. The van der Waals surface area contributed by atoms with Gasteiger partial charge in [-0.05, 0) is 44.9 Å². The number of carbonyl (C=O) groups excluding carboxylic acids is 3. The third-order valence-corrected chi connectivity index (χ3v) is 7.11. The van der Waals surface area contributed by atoms with Gasteiger partial charge in [-0.1, -0.05) is 130 Å². The Bertz CT molecular complexity index is 1180. The third kappa shape index (κ3) is 30.1. The fourth-order valence-electron chi connectivity index (χ4n) is 4.35.